The minimum Gasteiger partial charge on any atom is -0.481 e. The monoisotopic (exact) mass is 454 g/mol. The van der Waals surface area contributed by atoms with Crippen LogP contribution in [0.4, 0.5) is 0 Å². The smallest absolute Gasteiger partial charge is 0.316 e. The molecule has 10 heteroatoms. The van der Waals surface area contributed by atoms with Crippen LogP contribution in [0.15, 0.2) is 0 Å². The SMILES string of the molecule is O=C(CCCCC(=O)OC(=O)C1CCCC(C(=O)O)C1)OC(=O)C1CCCC(C(=O)O)C1. The maximum Gasteiger partial charge on any atom is 0.316 e. The lowest BCUT2D eigenvalue weighted by atomic mass is 9.81. The fraction of sp³-hybridized carbons (Fsp3) is 0.727. The lowest BCUT2D eigenvalue weighted by Crippen LogP contribution is -2.30. The molecule has 0 heterocycles. The molecule has 4 unspecified atom stereocenters. The molecule has 0 aliphatic heterocycles. The molecule has 2 N–H and O–H groups in total. The summed E-state index contributed by atoms with van der Waals surface area (Å²) in [5, 5.41) is 18.1. The van der Waals surface area contributed by atoms with Crippen molar-refractivity contribution in [3.05, 3.63) is 0 Å². The third-order valence-corrected chi connectivity index (χ3v) is 6.15. The molecule has 0 saturated heterocycles. The summed E-state index contributed by atoms with van der Waals surface area (Å²) in [5.74, 6) is -7.21. The van der Waals surface area contributed by atoms with Crippen molar-refractivity contribution >= 4 is 35.8 Å². The van der Waals surface area contributed by atoms with E-state index in [1.807, 2.05) is 0 Å². The largest absolute Gasteiger partial charge is 0.481 e. The molecule has 0 aromatic carbocycles. The average molecular weight is 454 g/mol. The number of rotatable bonds is 9. The topological polar surface area (TPSA) is 161 Å². The molecule has 2 rings (SSSR count). The second kappa shape index (κ2) is 12.3. The third kappa shape index (κ3) is 8.05. The normalized spacial score (nSPS) is 25.4. The van der Waals surface area contributed by atoms with Gasteiger partial charge in [-0.3, -0.25) is 28.8 Å². The first-order valence-corrected chi connectivity index (χ1v) is 11.1. The van der Waals surface area contributed by atoms with Gasteiger partial charge in [-0.25, -0.2) is 0 Å². The predicted octanol–water partition coefficient (Wildman–Crippen LogP) is 2.47. The molecular formula is C22H30O10. The first kappa shape index (κ1) is 25.5. The van der Waals surface area contributed by atoms with E-state index in [1.165, 1.54) is 0 Å². The number of ether oxygens (including phenoxy) is 2. The van der Waals surface area contributed by atoms with Gasteiger partial charge in [0, 0.05) is 12.8 Å². The van der Waals surface area contributed by atoms with Gasteiger partial charge >= 0.3 is 35.8 Å². The zero-order valence-corrected chi connectivity index (χ0v) is 18.0. The molecule has 10 nitrogen and oxygen atoms in total. The van der Waals surface area contributed by atoms with Gasteiger partial charge in [0.1, 0.15) is 0 Å². The second-order valence-electron chi connectivity index (χ2n) is 8.59. The van der Waals surface area contributed by atoms with Crippen LogP contribution in [0, 0.1) is 23.7 Å². The van der Waals surface area contributed by atoms with E-state index in [0.29, 0.717) is 38.5 Å². The molecule has 2 aliphatic carbocycles. The summed E-state index contributed by atoms with van der Waals surface area (Å²) in [6.45, 7) is 0. The number of hydrogen-bond donors (Lipinski definition) is 2. The first-order chi connectivity index (χ1) is 15.2. The lowest BCUT2D eigenvalue weighted by molar-refractivity contribution is -0.167. The van der Waals surface area contributed by atoms with Gasteiger partial charge in [0.2, 0.25) is 0 Å². The van der Waals surface area contributed by atoms with Crippen molar-refractivity contribution in [3.63, 3.8) is 0 Å². The third-order valence-electron chi connectivity index (χ3n) is 6.15. The number of carbonyl (C=O) groups excluding carboxylic acids is 4. The van der Waals surface area contributed by atoms with Crippen molar-refractivity contribution in [1.82, 2.24) is 0 Å². The van der Waals surface area contributed by atoms with Crippen molar-refractivity contribution in [2.75, 3.05) is 0 Å². The maximum absolute atomic E-state index is 12.1. The molecule has 2 saturated carbocycles. The van der Waals surface area contributed by atoms with Crippen LogP contribution >= 0.6 is 0 Å². The van der Waals surface area contributed by atoms with E-state index >= 15 is 0 Å². The summed E-state index contributed by atoms with van der Waals surface area (Å²) in [5.41, 5.74) is 0. The van der Waals surface area contributed by atoms with Crippen molar-refractivity contribution in [2.45, 2.75) is 77.0 Å². The zero-order valence-electron chi connectivity index (χ0n) is 18.0. The van der Waals surface area contributed by atoms with Crippen LogP contribution < -0.4 is 0 Å². The van der Waals surface area contributed by atoms with Gasteiger partial charge in [-0.05, 0) is 51.4 Å². The Hall–Kier alpha value is -2.78. The van der Waals surface area contributed by atoms with Crippen LogP contribution in [0.5, 0.6) is 0 Å². The van der Waals surface area contributed by atoms with Crippen LogP contribution in [-0.2, 0) is 38.2 Å². The van der Waals surface area contributed by atoms with Crippen LogP contribution in [0.2, 0.25) is 0 Å². The highest BCUT2D eigenvalue weighted by atomic mass is 16.6. The van der Waals surface area contributed by atoms with Gasteiger partial charge in [0.05, 0.1) is 23.7 Å². The minimum absolute atomic E-state index is 0.0923. The van der Waals surface area contributed by atoms with Gasteiger partial charge < -0.3 is 19.7 Å². The van der Waals surface area contributed by atoms with E-state index in [1.54, 1.807) is 0 Å². The Morgan fingerprint density at radius 2 is 0.938 bits per heavy atom. The van der Waals surface area contributed by atoms with Crippen molar-refractivity contribution in [3.8, 4) is 0 Å². The Bertz CT molecular complexity index is 681. The average Bonchev–Trinajstić information content (AvgIpc) is 2.76. The molecule has 2 aliphatic rings. The summed E-state index contributed by atoms with van der Waals surface area (Å²) in [6, 6.07) is 0. The van der Waals surface area contributed by atoms with Crippen LogP contribution in [0.3, 0.4) is 0 Å². The summed E-state index contributed by atoms with van der Waals surface area (Å²) in [7, 11) is 0. The van der Waals surface area contributed by atoms with Gasteiger partial charge in [-0.2, -0.15) is 0 Å². The van der Waals surface area contributed by atoms with E-state index in [2.05, 4.69) is 0 Å². The van der Waals surface area contributed by atoms with E-state index in [9.17, 15) is 28.8 Å². The molecule has 0 aromatic heterocycles. The van der Waals surface area contributed by atoms with Gasteiger partial charge in [0.15, 0.2) is 0 Å². The summed E-state index contributed by atoms with van der Waals surface area (Å²) in [4.78, 5) is 70.0. The number of esters is 4. The van der Waals surface area contributed by atoms with Crippen molar-refractivity contribution < 1.29 is 48.5 Å². The summed E-state index contributed by atoms with van der Waals surface area (Å²) in [6.07, 6.45) is 3.81. The van der Waals surface area contributed by atoms with E-state index in [4.69, 9.17) is 19.7 Å². The molecule has 32 heavy (non-hydrogen) atoms. The standard InChI is InChI=1S/C22H30O10/c23-17(31-21(29)15-7-3-5-13(11-15)19(25)26)9-1-2-10-18(24)32-22(30)16-8-4-6-14(12-16)20(27)28/h13-16H,1-12H2,(H,25,26)(H,27,28). The van der Waals surface area contributed by atoms with E-state index in [-0.39, 0.29) is 38.5 Å². The number of carboxylic acid groups (broad SMARTS) is 2. The first-order valence-electron chi connectivity index (χ1n) is 11.1. The number of unbranched alkanes of at least 4 members (excludes halogenated alkanes) is 1. The zero-order chi connectivity index (χ0) is 23.7. The Kier molecular flexibility index (Phi) is 9.80. The lowest BCUT2D eigenvalue weighted by Gasteiger charge is -2.24. The Labute approximate surface area is 185 Å². The van der Waals surface area contributed by atoms with Crippen molar-refractivity contribution in [2.24, 2.45) is 23.7 Å². The molecule has 0 radical (unpaired) electrons. The highest BCUT2D eigenvalue weighted by Gasteiger charge is 2.34. The number of carbonyl (C=O) groups is 6. The van der Waals surface area contributed by atoms with E-state index < -0.39 is 59.5 Å². The maximum atomic E-state index is 12.1. The number of hydrogen-bond acceptors (Lipinski definition) is 8. The van der Waals surface area contributed by atoms with Crippen LogP contribution in [0.1, 0.15) is 77.0 Å². The highest BCUT2D eigenvalue weighted by molar-refractivity contribution is 5.88. The molecule has 0 aromatic rings. The Morgan fingerprint density at radius 1 is 0.594 bits per heavy atom. The fourth-order valence-electron chi connectivity index (χ4n) is 4.29. The molecule has 0 bridgehead atoms. The minimum atomic E-state index is -0.954. The summed E-state index contributed by atoms with van der Waals surface area (Å²) < 4.78 is 9.62. The summed E-state index contributed by atoms with van der Waals surface area (Å²) >= 11 is 0. The fourth-order valence-corrected chi connectivity index (χ4v) is 4.29. The Balaban J connectivity index is 1.62. The quantitative estimate of drug-likeness (QED) is 0.301. The molecule has 178 valence electrons. The molecule has 0 amide bonds. The molecule has 2 fully saturated rings. The van der Waals surface area contributed by atoms with Gasteiger partial charge in [-0.1, -0.05) is 12.8 Å². The predicted molar refractivity (Wildman–Crippen MR) is 107 cm³/mol. The molecule has 4 atom stereocenters. The van der Waals surface area contributed by atoms with Crippen LogP contribution in [-0.4, -0.2) is 46.0 Å². The Morgan fingerprint density at radius 3 is 1.28 bits per heavy atom. The molecular weight excluding hydrogens is 424 g/mol. The van der Waals surface area contributed by atoms with Crippen LogP contribution in [0.25, 0.3) is 0 Å². The number of aliphatic carboxylic acids is 2. The van der Waals surface area contributed by atoms with Gasteiger partial charge in [0.25, 0.3) is 0 Å². The number of carboxylic acids is 2. The van der Waals surface area contributed by atoms with Crippen molar-refractivity contribution in [1.29, 1.82) is 0 Å². The highest BCUT2D eigenvalue weighted by Crippen LogP contribution is 2.31. The second-order valence-corrected chi connectivity index (χ2v) is 8.59. The van der Waals surface area contributed by atoms with E-state index in [0.717, 1.165) is 0 Å². The van der Waals surface area contributed by atoms with Gasteiger partial charge in [-0.15, -0.1) is 0 Å². The molecule has 0 spiro atoms.